The highest BCUT2D eigenvalue weighted by Gasteiger charge is 2.33. The van der Waals surface area contributed by atoms with Crippen molar-refractivity contribution >= 4 is 11.3 Å². The number of rotatable bonds is 1. The fourth-order valence-electron chi connectivity index (χ4n) is 1.40. The summed E-state index contributed by atoms with van der Waals surface area (Å²) in [4.78, 5) is 11.1. The molecule has 1 aliphatic rings. The van der Waals surface area contributed by atoms with Gasteiger partial charge in [-0.1, -0.05) is 0 Å². The average Bonchev–Trinajstić information content (AvgIpc) is 2.64. The van der Waals surface area contributed by atoms with E-state index in [4.69, 9.17) is 0 Å². The first kappa shape index (κ1) is 10.8. The molecule has 0 atom stereocenters. The maximum atomic E-state index is 12.4. The molecular weight excluding hydrogens is 219 g/mol. The van der Waals surface area contributed by atoms with Gasteiger partial charge in [0.1, 0.15) is 12.0 Å². The molecule has 2 heterocycles. The van der Waals surface area contributed by atoms with Crippen LogP contribution in [0.25, 0.3) is 5.57 Å². The topological polar surface area (TPSA) is 38.1 Å². The van der Waals surface area contributed by atoms with Crippen molar-refractivity contribution in [2.24, 2.45) is 4.99 Å². The minimum absolute atomic E-state index is 0.280. The summed E-state index contributed by atoms with van der Waals surface area (Å²) in [5, 5.41) is 0. The van der Waals surface area contributed by atoms with Gasteiger partial charge in [-0.25, -0.2) is 9.97 Å². The molecule has 0 radical (unpaired) electrons. The van der Waals surface area contributed by atoms with Crippen LogP contribution in [0.15, 0.2) is 23.5 Å². The summed E-state index contributed by atoms with van der Waals surface area (Å²) in [6, 6.07) is 0.944. The molecule has 6 heteroatoms. The van der Waals surface area contributed by atoms with E-state index in [9.17, 15) is 13.2 Å². The summed E-state index contributed by atoms with van der Waals surface area (Å²) in [6.07, 6.45) is -1.79. The lowest BCUT2D eigenvalue weighted by Gasteiger charge is -2.06. The lowest BCUT2D eigenvalue weighted by atomic mass is 10.1. The van der Waals surface area contributed by atoms with Crippen molar-refractivity contribution < 1.29 is 13.2 Å². The van der Waals surface area contributed by atoms with Gasteiger partial charge >= 0.3 is 6.18 Å². The molecule has 3 nitrogen and oxygen atoms in total. The number of aromatic nitrogens is 2. The van der Waals surface area contributed by atoms with Crippen LogP contribution in [-0.2, 0) is 6.18 Å². The molecule has 0 unspecified atom stereocenters. The molecule has 0 saturated carbocycles. The zero-order chi connectivity index (χ0) is 11.8. The number of hydrogen-bond acceptors (Lipinski definition) is 3. The van der Waals surface area contributed by atoms with Gasteiger partial charge in [0.25, 0.3) is 0 Å². The first-order valence-electron chi connectivity index (χ1n) is 4.58. The molecule has 0 aliphatic carbocycles. The number of allylic oxidation sites excluding steroid dienone is 1. The minimum atomic E-state index is -4.44. The van der Waals surface area contributed by atoms with Gasteiger partial charge in [-0.05, 0) is 19.1 Å². The third kappa shape index (κ3) is 2.10. The van der Waals surface area contributed by atoms with Crippen LogP contribution in [0.2, 0.25) is 0 Å². The molecule has 0 fully saturated rings. The maximum Gasteiger partial charge on any atom is 0.433 e. The first-order chi connectivity index (χ1) is 7.47. The van der Waals surface area contributed by atoms with Crippen molar-refractivity contribution in [1.82, 2.24) is 9.97 Å². The Bertz CT molecular complexity index is 474. The number of aliphatic imine (C=N–C) groups is 1. The summed E-state index contributed by atoms with van der Waals surface area (Å²) in [5.41, 5.74) is 0.832. The summed E-state index contributed by atoms with van der Waals surface area (Å²) in [5.74, 6) is 0. The summed E-state index contributed by atoms with van der Waals surface area (Å²) < 4.78 is 37.2. The zero-order valence-electron chi connectivity index (χ0n) is 8.41. The molecule has 0 N–H and O–H groups in total. The number of nitrogens with zero attached hydrogens (tertiary/aromatic N) is 3. The molecular formula is C10H8F3N3. The summed E-state index contributed by atoms with van der Waals surface area (Å²) in [7, 11) is 0. The fraction of sp³-hybridized carbons (Fsp3) is 0.300. The average molecular weight is 227 g/mol. The standard InChI is InChI=1S/C10H8F3N3/c1-6-2-7(4-14-6)8-3-9(10(11,12)13)16-5-15-8/h2-3,5H,4H2,1H3. The van der Waals surface area contributed by atoms with Crippen LogP contribution in [0.1, 0.15) is 18.3 Å². The molecule has 16 heavy (non-hydrogen) atoms. The lowest BCUT2D eigenvalue weighted by Crippen LogP contribution is -2.09. The van der Waals surface area contributed by atoms with E-state index >= 15 is 0 Å². The molecule has 2 rings (SSSR count). The van der Waals surface area contributed by atoms with E-state index in [0.29, 0.717) is 12.1 Å². The van der Waals surface area contributed by atoms with Gasteiger partial charge in [0.05, 0.1) is 12.2 Å². The summed E-state index contributed by atoms with van der Waals surface area (Å²) in [6.45, 7) is 2.17. The van der Waals surface area contributed by atoms with Crippen molar-refractivity contribution in [2.75, 3.05) is 6.54 Å². The third-order valence-electron chi connectivity index (χ3n) is 2.17. The van der Waals surface area contributed by atoms with Crippen molar-refractivity contribution in [3.05, 3.63) is 29.9 Å². The van der Waals surface area contributed by atoms with Gasteiger partial charge in [0.15, 0.2) is 0 Å². The van der Waals surface area contributed by atoms with Crippen LogP contribution in [-0.4, -0.2) is 22.2 Å². The fourth-order valence-corrected chi connectivity index (χ4v) is 1.40. The second-order valence-electron chi connectivity index (χ2n) is 3.41. The Morgan fingerprint density at radius 3 is 2.56 bits per heavy atom. The Morgan fingerprint density at radius 2 is 2.00 bits per heavy atom. The Morgan fingerprint density at radius 1 is 1.25 bits per heavy atom. The minimum Gasteiger partial charge on any atom is -0.285 e. The van der Waals surface area contributed by atoms with Crippen LogP contribution < -0.4 is 0 Å². The second-order valence-corrected chi connectivity index (χ2v) is 3.41. The summed E-state index contributed by atoms with van der Waals surface area (Å²) >= 11 is 0. The highest BCUT2D eigenvalue weighted by atomic mass is 19.4. The molecule has 1 aromatic heterocycles. The quantitative estimate of drug-likeness (QED) is 0.738. The highest BCUT2D eigenvalue weighted by Crippen LogP contribution is 2.28. The highest BCUT2D eigenvalue weighted by molar-refractivity contribution is 6.02. The molecule has 0 aromatic carbocycles. The van der Waals surface area contributed by atoms with Gasteiger partial charge in [-0.15, -0.1) is 0 Å². The van der Waals surface area contributed by atoms with E-state index in [2.05, 4.69) is 15.0 Å². The van der Waals surface area contributed by atoms with Crippen molar-refractivity contribution in [2.45, 2.75) is 13.1 Å². The smallest absolute Gasteiger partial charge is 0.285 e. The van der Waals surface area contributed by atoms with Gasteiger partial charge in [0.2, 0.25) is 0 Å². The molecule has 0 amide bonds. The SMILES string of the molecule is CC1=NCC(c2cc(C(F)(F)F)ncn2)=C1. The molecule has 1 aliphatic heterocycles. The largest absolute Gasteiger partial charge is 0.433 e. The molecule has 1 aromatic rings. The third-order valence-corrected chi connectivity index (χ3v) is 2.17. The predicted molar refractivity (Wildman–Crippen MR) is 53.0 cm³/mol. The number of alkyl halides is 3. The number of halogens is 3. The normalized spacial score (nSPS) is 16.0. The van der Waals surface area contributed by atoms with Gasteiger partial charge in [-0.3, -0.25) is 4.99 Å². The van der Waals surface area contributed by atoms with E-state index in [1.807, 2.05) is 0 Å². The van der Waals surface area contributed by atoms with Crippen LogP contribution in [0.4, 0.5) is 13.2 Å². The van der Waals surface area contributed by atoms with E-state index in [1.165, 1.54) is 0 Å². The van der Waals surface area contributed by atoms with Crippen molar-refractivity contribution in [3.8, 4) is 0 Å². The van der Waals surface area contributed by atoms with Crippen molar-refractivity contribution in [1.29, 1.82) is 0 Å². The van der Waals surface area contributed by atoms with E-state index in [1.54, 1.807) is 13.0 Å². The van der Waals surface area contributed by atoms with E-state index in [0.717, 1.165) is 18.1 Å². The molecule has 84 valence electrons. The predicted octanol–water partition coefficient (Wildman–Crippen LogP) is 2.35. The molecule has 0 spiro atoms. The Labute approximate surface area is 89.8 Å². The van der Waals surface area contributed by atoms with Crippen molar-refractivity contribution in [3.63, 3.8) is 0 Å². The first-order valence-corrected chi connectivity index (χ1v) is 4.58. The molecule has 0 saturated heterocycles. The Hall–Kier alpha value is -1.72. The van der Waals surface area contributed by atoms with Crippen LogP contribution >= 0.6 is 0 Å². The van der Waals surface area contributed by atoms with Crippen LogP contribution in [0.3, 0.4) is 0 Å². The van der Waals surface area contributed by atoms with E-state index < -0.39 is 11.9 Å². The van der Waals surface area contributed by atoms with Gasteiger partial charge in [-0.2, -0.15) is 13.2 Å². The maximum absolute atomic E-state index is 12.4. The van der Waals surface area contributed by atoms with Gasteiger partial charge < -0.3 is 0 Å². The Balaban J connectivity index is 2.34. The molecule has 0 bridgehead atoms. The lowest BCUT2D eigenvalue weighted by molar-refractivity contribution is -0.141. The number of hydrogen-bond donors (Lipinski definition) is 0. The second kappa shape index (κ2) is 3.70. The van der Waals surface area contributed by atoms with Crippen LogP contribution in [0, 0.1) is 0 Å². The van der Waals surface area contributed by atoms with E-state index in [-0.39, 0.29) is 5.69 Å². The van der Waals surface area contributed by atoms with Gasteiger partial charge in [0, 0.05) is 11.3 Å². The van der Waals surface area contributed by atoms with Crippen LogP contribution in [0.5, 0.6) is 0 Å². The monoisotopic (exact) mass is 227 g/mol. The Kier molecular flexibility index (Phi) is 2.49. The zero-order valence-corrected chi connectivity index (χ0v) is 8.41.